The molecule has 0 aliphatic rings. The van der Waals surface area contributed by atoms with Crippen LogP contribution >= 0.6 is 15.6 Å². The summed E-state index contributed by atoms with van der Waals surface area (Å²) < 4.78 is 68.8. The number of rotatable bonds is 84. The van der Waals surface area contributed by atoms with E-state index in [4.69, 9.17) is 37.0 Å². The van der Waals surface area contributed by atoms with Crippen molar-refractivity contribution in [3.05, 3.63) is 0 Å². The average molecular weight is 1520 g/mol. The van der Waals surface area contributed by atoms with Crippen LogP contribution in [0.15, 0.2) is 0 Å². The fourth-order valence-corrected chi connectivity index (χ4v) is 14.8. The van der Waals surface area contributed by atoms with Gasteiger partial charge < -0.3 is 33.8 Å². The van der Waals surface area contributed by atoms with E-state index >= 15 is 0 Å². The summed E-state index contributed by atoms with van der Waals surface area (Å²) in [5, 5.41) is 10.7. The molecule has 0 saturated carbocycles. The van der Waals surface area contributed by atoms with Crippen molar-refractivity contribution < 1.29 is 80.2 Å². The zero-order chi connectivity index (χ0) is 76.4. The van der Waals surface area contributed by atoms with E-state index in [0.717, 1.165) is 102 Å². The second-order valence-electron chi connectivity index (χ2n) is 31.5. The maximum Gasteiger partial charge on any atom is 0.472 e. The molecule has 0 aliphatic carbocycles. The van der Waals surface area contributed by atoms with Crippen molar-refractivity contribution in [2.24, 2.45) is 11.8 Å². The Morgan fingerprint density at radius 1 is 0.260 bits per heavy atom. The monoisotopic (exact) mass is 1520 g/mol. The van der Waals surface area contributed by atoms with Crippen LogP contribution in [0.4, 0.5) is 0 Å². The van der Waals surface area contributed by atoms with Gasteiger partial charge in [0.15, 0.2) is 12.2 Å². The molecule has 0 fully saturated rings. The van der Waals surface area contributed by atoms with E-state index in [1.807, 2.05) is 0 Å². The Kier molecular flexibility index (Phi) is 75.0. The molecule has 0 rings (SSSR count). The highest BCUT2D eigenvalue weighted by Crippen LogP contribution is 2.45. The van der Waals surface area contributed by atoms with Gasteiger partial charge in [0.2, 0.25) is 0 Å². The number of carbonyl (C=O) groups excluding carboxylic acids is 4. The Morgan fingerprint density at radius 3 is 0.654 bits per heavy atom. The Morgan fingerprint density at radius 2 is 0.442 bits per heavy atom. The third-order valence-corrected chi connectivity index (χ3v) is 21.9. The van der Waals surface area contributed by atoms with E-state index in [1.165, 1.54) is 263 Å². The number of phosphoric ester groups is 2. The van der Waals surface area contributed by atoms with Crippen LogP contribution in [0.5, 0.6) is 0 Å². The van der Waals surface area contributed by atoms with Crippen LogP contribution < -0.4 is 0 Å². The molecule has 0 aromatic heterocycles. The SMILES string of the molecule is CCCCCCCCCCCCCCCCCCCCCCCC(=O)O[C@H](COC(=O)CCCCCCCCCCCCCCCCCC(C)C)COP(=O)(O)OC[C@@H](O)COP(=O)(O)OC[C@@H](COC(=O)CCCCCCCCCC(C)C)OC(=O)CCCCCCCCCCCCCCCCC. The largest absolute Gasteiger partial charge is 0.472 e. The smallest absolute Gasteiger partial charge is 0.462 e. The van der Waals surface area contributed by atoms with Gasteiger partial charge in [-0.1, -0.05) is 401 Å². The minimum Gasteiger partial charge on any atom is -0.462 e. The Labute approximate surface area is 638 Å². The van der Waals surface area contributed by atoms with Crippen molar-refractivity contribution in [1.29, 1.82) is 0 Å². The van der Waals surface area contributed by atoms with Gasteiger partial charge in [-0.3, -0.25) is 37.3 Å². The predicted molar refractivity (Wildman–Crippen MR) is 428 cm³/mol. The zero-order valence-electron chi connectivity index (χ0n) is 68.3. The van der Waals surface area contributed by atoms with Crippen LogP contribution in [0.3, 0.4) is 0 Å². The van der Waals surface area contributed by atoms with Crippen molar-refractivity contribution in [3.8, 4) is 0 Å². The van der Waals surface area contributed by atoms with E-state index in [2.05, 4.69) is 41.5 Å². The van der Waals surface area contributed by atoms with Gasteiger partial charge in [-0.05, 0) is 37.5 Å². The molecule has 0 radical (unpaired) electrons. The molecule has 0 bridgehead atoms. The zero-order valence-corrected chi connectivity index (χ0v) is 70.1. The van der Waals surface area contributed by atoms with Gasteiger partial charge in [0.25, 0.3) is 0 Å². The van der Waals surface area contributed by atoms with Crippen LogP contribution in [0, 0.1) is 11.8 Å². The van der Waals surface area contributed by atoms with E-state index in [0.29, 0.717) is 31.6 Å². The van der Waals surface area contributed by atoms with Crippen LogP contribution in [0.25, 0.3) is 0 Å². The molecule has 2 unspecified atom stereocenters. The van der Waals surface area contributed by atoms with E-state index in [-0.39, 0.29) is 25.7 Å². The summed E-state index contributed by atoms with van der Waals surface area (Å²) in [7, 11) is -9.93. The van der Waals surface area contributed by atoms with Crippen molar-refractivity contribution in [1.82, 2.24) is 0 Å². The third-order valence-electron chi connectivity index (χ3n) is 20.0. The standard InChI is InChI=1S/C85H166O17P2/c1-7-9-11-13-15-17-19-21-23-24-25-26-27-28-32-37-41-45-51-58-64-70-84(89)101-80(73-95-82(87)67-61-55-49-43-39-35-33-29-31-34-38-42-47-53-59-65-77(3)4)75-99-103(91,92)97-71-79(86)72-98-104(93,94)100-76-81(74-96-83(88)68-62-56-52-46-48-54-60-66-78(5)6)102-85(90)69-63-57-50-44-40-36-30-22-20-18-16-14-12-10-8-2/h77-81,86H,7-76H2,1-6H3,(H,91,92)(H,93,94)/t79-,80-,81-/m1/s1. The summed E-state index contributed by atoms with van der Waals surface area (Å²) in [6, 6.07) is 0. The molecule has 19 heteroatoms. The van der Waals surface area contributed by atoms with Crippen molar-refractivity contribution in [2.75, 3.05) is 39.6 Å². The number of hydrogen-bond acceptors (Lipinski definition) is 15. The molecule has 618 valence electrons. The fraction of sp³-hybridized carbons (Fsp3) is 0.953. The first-order chi connectivity index (χ1) is 50.4. The molecule has 104 heavy (non-hydrogen) atoms. The molecule has 0 aromatic rings. The van der Waals surface area contributed by atoms with Gasteiger partial charge in [-0.15, -0.1) is 0 Å². The summed E-state index contributed by atoms with van der Waals surface area (Å²) in [5.74, 6) is -0.593. The van der Waals surface area contributed by atoms with Crippen molar-refractivity contribution in [2.45, 2.75) is 471 Å². The van der Waals surface area contributed by atoms with E-state index < -0.39 is 97.5 Å². The summed E-state index contributed by atoms with van der Waals surface area (Å²) in [6.45, 7) is 9.64. The Balaban J connectivity index is 5.22. The molecule has 3 N–H and O–H groups in total. The van der Waals surface area contributed by atoms with E-state index in [1.54, 1.807) is 0 Å². The molecular weight excluding hydrogens is 1350 g/mol. The lowest BCUT2D eigenvalue weighted by atomic mass is 10.0. The molecule has 0 saturated heterocycles. The molecule has 17 nitrogen and oxygen atoms in total. The lowest BCUT2D eigenvalue weighted by Crippen LogP contribution is -2.30. The van der Waals surface area contributed by atoms with Gasteiger partial charge in [0, 0.05) is 25.7 Å². The molecule has 0 aromatic carbocycles. The third kappa shape index (κ3) is 78.2. The molecular formula is C85H166O17P2. The number of ether oxygens (including phenoxy) is 4. The van der Waals surface area contributed by atoms with Crippen LogP contribution in [0.2, 0.25) is 0 Å². The lowest BCUT2D eigenvalue weighted by molar-refractivity contribution is -0.161. The number of hydrogen-bond donors (Lipinski definition) is 3. The first-order valence-corrected chi connectivity index (χ1v) is 47.0. The molecule has 0 amide bonds. The number of phosphoric acid groups is 2. The number of aliphatic hydroxyl groups is 1. The number of carbonyl (C=O) groups is 4. The van der Waals surface area contributed by atoms with Gasteiger partial charge in [-0.2, -0.15) is 0 Å². The topological polar surface area (TPSA) is 237 Å². The maximum absolute atomic E-state index is 13.1. The summed E-state index contributed by atoms with van der Waals surface area (Å²) in [5.41, 5.74) is 0. The van der Waals surface area contributed by atoms with Crippen molar-refractivity contribution in [3.63, 3.8) is 0 Å². The molecule has 0 spiro atoms. The van der Waals surface area contributed by atoms with Gasteiger partial charge in [0.05, 0.1) is 26.4 Å². The van der Waals surface area contributed by atoms with Gasteiger partial charge in [-0.25, -0.2) is 9.13 Å². The second kappa shape index (κ2) is 76.4. The first kappa shape index (κ1) is 102. The van der Waals surface area contributed by atoms with Crippen molar-refractivity contribution >= 4 is 39.5 Å². The molecule has 0 heterocycles. The number of esters is 4. The minimum atomic E-state index is -4.97. The molecule has 5 atom stereocenters. The maximum atomic E-state index is 13.1. The van der Waals surface area contributed by atoms with Crippen LogP contribution in [-0.2, 0) is 65.4 Å². The quantitative estimate of drug-likeness (QED) is 0.0222. The Bertz CT molecular complexity index is 1990. The number of unbranched alkanes of at least 4 members (excludes halogenated alkanes) is 54. The molecule has 0 aliphatic heterocycles. The summed E-state index contributed by atoms with van der Waals surface area (Å²) >= 11 is 0. The number of aliphatic hydroxyl groups excluding tert-OH is 1. The highest BCUT2D eigenvalue weighted by Gasteiger charge is 2.30. The average Bonchev–Trinajstić information content (AvgIpc) is 0.912. The normalized spacial score (nSPS) is 13.8. The lowest BCUT2D eigenvalue weighted by Gasteiger charge is -2.21. The highest BCUT2D eigenvalue weighted by molar-refractivity contribution is 7.47. The van der Waals surface area contributed by atoms with E-state index in [9.17, 15) is 43.2 Å². The van der Waals surface area contributed by atoms with Gasteiger partial charge in [0.1, 0.15) is 19.3 Å². The Hall–Kier alpha value is -1.94. The first-order valence-electron chi connectivity index (χ1n) is 44.0. The predicted octanol–water partition coefficient (Wildman–Crippen LogP) is 25.8. The van der Waals surface area contributed by atoms with Gasteiger partial charge >= 0.3 is 39.5 Å². The summed E-state index contributed by atoms with van der Waals surface area (Å²) in [6.07, 6.45) is 68.2. The highest BCUT2D eigenvalue weighted by atomic mass is 31.2. The second-order valence-corrected chi connectivity index (χ2v) is 34.4. The minimum absolute atomic E-state index is 0.108. The van der Waals surface area contributed by atoms with Crippen LogP contribution in [0.1, 0.15) is 452 Å². The van der Waals surface area contributed by atoms with Crippen LogP contribution in [-0.4, -0.2) is 96.7 Å². The summed E-state index contributed by atoms with van der Waals surface area (Å²) in [4.78, 5) is 73.2. The fourth-order valence-electron chi connectivity index (χ4n) is 13.2.